The molecule has 0 fully saturated rings. The van der Waals surface area contributed by atoms with Gasteiger partial charge in [0.2, 0.25) is 0 Å². The van der Waals surface area contributed by atoms with Crippen molar-refractivity contribution in [1.82, 2.24) is 4.57 Å². The Morgan fingerprint density at radius 1 is 0.705 bits per heavy atom. The minimum atomic E-state index is -4.60. The van der Waals surface area contributed by atoms with Gasteiger partial charge in [-0.25, -0.2) is 25.5 Å². The first-order valence-electron chi connectivity index (χ1n) is 13.2. The lowest BCUT2D eigenvalue weighted by molar-refractivity contribution is 0.525. The largest absolute Gasteiger partial charge is 0.283 e. The monoisotopic (exact) mass is 668 g/mol. The fraction of sp³-hybridized carbons (Fsp3) is 0.0938. The molecule has 0 radical (unpaired) electrons. The number of anilines is 1. The summed E-state index contributed by atoms with van der Waals surface area (Å²) in [7, 11) is -8.18. The van der Waals surface area contributed by atoms with Crippen LogP contribution in [0.3, 0.4) is 0 Å². The van der Waals surface area contributed by atoms with Gasteiger partial charge in [-0.2, -0.15) is 0 Å². The van der Waals surface area contributed by atoms with Gasteiger partial charge >= 0.3 is 0 Å². The number of hydrogen-bond acceptors (Lipinski definition) is 5. The van der Waals surface area contributed by atoms with E-state index in [1.807, 2.05) is 0 Å². The van der Waals surface area contributed by atoms with E-state index in [1.165, 1.54) is 53.1 Å². The van der Waals surface area contributed by atoms with Crippen LogP contribution in [-0.2, 0) is 19.9 Å². The second-order valence-corrected chi connectivity index (χ2v) is 15.0. The number of sulfone groups is 1. The van der Waals surface area contributed by atoms with Crippen LogP contribution >= 0.6 is 23.2 Å². The number of aromatic nitrogens is 1. The van der Waals surface area contributed by atoms with Gasteiger partial charge in [-0.1, -0.05) is 71.7 Å². The summed E-state index contributed by atoms with van der Waals surface area (Å²) in [4.78, 5) is 13.9. The molecule has 224 valence electrons. The molecule has 7 nitrogen and oxygen atoms in total. The Bertz CT molecular complexity index is 2190. The fourth-order valence-corrected chi connectivity index (χ4v) is 8.15. The molecule has 12 heteroatoms. The van der Waals surface area contributed by atoms with Crippen molar-refractivity contribution in [2.45, 2.75) is 21.9 Å². The summed E-state index contributed by atoms with van der Waals surface area (Å²) < 4.78 is 70.8. The van der Waals surface area contributed by atoms with Crippen molar-refractivity contribution in [3.63, 3.8) is 0 Å². The third kappa shape index (κ3) is 5.21. The summed E-state index contributed by atoms with van der Waals surface area (Å²) >= 11 is 12.4. The van der Waals surface area contributed by atoms with Gasteiger partial charge in [-0.15, -0.1) is 0 Å². The Hall–Kier alpha value is -3.96. The first-order valence-corrected chi connectivity index (χ1v) is 17.3. The second kappa shape index (κ2) is 11.2. The van der Waals surface area contributed by atoms with Crippen LogP contribution in [0, 0.1) is 5.82 Å². The van der Waals surface area contributed by atoms with Crippen molar-refractivity contribution in [2.75, 3.05) is 10.6 Å². The number of pyridine rings is 1. The van der Waals surface area contributed by atoms with E-state index in [2.05, 4.69) is 0 Å². The molecular weight excluding hydrogens is 646 g/mol. The summed E-state index contributed by atoms with van der Waals surface area (Å²) in [6, 6.07) is 25.1. The molecule has 2 atom stereocenters. The standard InChI is InChI=1S/C32H23Cl2FN2O5S2/c1-43(39,40)25-6-4-5-22(19-25)26-17-18-29-36(32(26)38)30(20-9-13-23(33)14-10-20)31(21-11-15-24(34)16-12-21)37(29)44(41,42)28-8-3-2-7-27(28)35/h2-19,30-31H,1H3/t30-,31+/m1/s1. The molecule has 0 spiro atoms. The van der Waals surface area contributed by atoms with Gasteiger partial charge < -0.3 is 0 Å². The van der Waals surface area contributed by atoms with Gasteiger partial charge in [-0.3, -0.25) is 9.36 Å². The summed E-state index contributed by atoms with van der Waals surface area (Å²) in [6.07, 6.45) is 1.07. The van der Waals surface area contributed by atoms with Gasteiger partial charge in [0.25, 0.3) is 15.6 Å². The molecule has 5 aromatic rings. The van der Waals surface area contributed by atoms with Crippen LogP contribution in [0.15, 0.2) is 124 Å². The lowest BCUT2D eigenvalue weighted by Gasteiger charge is -2.29. The summed E-state index contributed by atoms with van der Waals surface area (Å²) in [5.41, 5.74) is 0.974. The summed E-state index contributed by atoms with van der Waals surface area (Å²) in [5.74, 6) is -0.943. The highest BCUT2D eigenvalue weighted by molar-refractivity contribution is 7.93. The zero-order valence-electron chi connectivity index (χ0n) is 22.9. The van der Waals surface area contributed by atoms with E-state index in [-0.39, 0.29) is 16.3 Å². The van der Waals surface area contributed by atoms with Crippen molar-refractivity contribution in [3.8, 4) is 11.1 Å². The Morgan fingerprint density at radius 3 is 1.89 bits per heavy atom. The highest BCUT2D eigenvalue weighted by Gasteiger charge is 2.48. The molecular formula is C32H23Cl2FN2O5S2. The number of sulfonamides is 1. The number of fused-ring (bicyclic) bond motifs is 1. The van der Waals surface area contributed by atoms with Crippen molar-refractivity contribution < 1.29 is 21.2 Å². The van der Waals surface area contributed by atoms with E-state index >= 15 is 4.39 Å². The third-order valence-corrected chi connectivity index (χ3v) is 11.0. The van der Waals surface area contributed by atoms with E-state index < -0.39 is 48.2 Å². The zero-order valence-corrected chi connectivity index (χ0v) is 26.1. The lowest BCUT2D eigenvalue weighted by atomic mass is 9.94. The van der Waals surface area contributed by atoms with Crippen LogP contribution in [0.1, 0.15) is 23.2 Å². The number of hydrogen-bond donors (Lipinski definition) is 0. The van der Waals surface area contributed by atoms with Crippen LogP contribution < -0.4 is 9.86 Å². The Kier molecular flexibility index (Phi) is 7.65. The molecule has 1 aromatic heterocycles. The summed E-state index contributed by atoms with van der Waals surface area (Å²) in [6.45, 7) is 0. The van der Waals surface area contributed by atoms with Gasteiger partial charge in [0.05, 0.1) is 17.0 Å². The number of benzene rings is 4. The van der Waals surface area contributed by atoms with Gasteiger partial charge in [0.15, 0.2) is 9.84 Å². The topological polar surface area (TPSA) is 93.5 Å². The maximum Gasteiger partial charge on any atom is 0.269 e. The number of halogens is 3. The van der Waals surface area contributed by atoms with Crippen molar-refractivity contribution in [3.05, 3.63) is 147 Å². The predicted octanol–water partition coefficient (Wildman–Crippen LogP) is 6.90. The second-order valence-electron chi connectivity index (χ2n) is 10.3. The molecule has 4 aromatic carbocycles. The average molecular weight is 670 g/mol. The van der Waals surface area contributed by atoms with E-state index in [9.17, 15) is 21.6 Å². The Balaban J connectivity index is 1.68. The molecule has 1 aliphatic rings. The zero-order chi connectivity index (χ0) is 31.4. The average Bonchev–Trinajstić information content (AvgIpc) is 3.35. The molecule has 0 aliphatic carbocycles. The van der Waals surface area contributed by atoms with Crippen molar-refractivity contribution >= 4 is 48.9 Å². The molecule has 2 heterocycles. The van der Waals surface area contributed by atoms with Crippen LogP contribution in [0.4, 0.5) is 10.2 Å². The van der Waals surface area contributed by atoms with Gasteiger partial charge in [0.1, 0.15) is 16.5 Å². The highest BCUT2D eigenvalue weighted by Crippen LogP contribution is 2.49. The Morgan fingerprint density at radius 2 is 1.30 bits per heavy atom. The Labute approximate surface area is 263 Å². The van der Waals surface area contributed by atoms with Crippen molar-refractivity contribution in [1.29, 1.82) is 0 Å². The molecule has 44 heavy (non-hydrogen) atoms. The van der Waals surface area contributed by atoms with E-state index in [1.54, 1.807) is 54.6 Å². The fourth-order valence-electron chi connectivity index (χ4n) is 5.52. The SMILES string of the molecule is CS(=O)(=O)c1cccc(-c2ccc3n(c2=O)[C@H](c2ccc(Cl)cc2)[C@H](c2ccc(Cl)cc2)N3S(=O)(=O)c2ccccc2F)c1. The van der Waals surface area contributed by atoms with E-state index in [0.29, 0.717) is 26.7 Å². The molecule has 0 bridgehead atoms. The maximum absolute atomic E-state index is 15.1. The molecule has 1 aliphatic heterocycles. The molecule has 6 rings (SSSR count). The van der Waals surface area contributed by atoms with E-state index in [4.69, 9.17) is 23.2 Å². The lowest BCUT2D eigenvalue weighted by Crippen LogP contribution is -2.34. The van der Waals surface area contributed by atoms with E-state index in [0.717, 1.165) is 16.6 Å². The quantitative estimate of drug-likeness (QED) is 0.196. The molecule has 0 unspecified atom stereocenters. The minimum Gasteiger partial charge on any atom is -0.283 e. The highest BCUT2D eigenvalue weighted by atomic mass is 35.5. The molecule has 0 amide bonds. The normalized spacial score (nSPS) is 16.6. The van der Waals surface area contributed by atoms with Gasteiger partial charge in [-0.05, 0) is 77.4 Å². The first-order chi connectivity index (χ1) is 20.9. The molecule has 0 saturated carbocycles. The minimum absolute atomic E-state index is 0.00108. The maximum atomic E-state index is 15.1. The molecule has 0 saturated heterocycles. The van der Waals surface area contributed by atoms with Crippen molar-refractivity contribution in [2.24, 2.45) is 0 Å². The third-order valence-electron chi connectivity index (χ3n) is 7.52. The van der Waals surface area contributed by atoms with Crippen LogP contribution in [0.5, 0.6) is 0 Å². The number of rotatable bonds is 6. The van der Waals surface area contributed by atoms with Crippen LogP contribution in [0.25, 0.3) is 11.1 Å². The first kappa shape index (κ1) is 30.1. The van der Waals surface area contributed by atoms with Gasteiger partial charge in [0, 0.05) is 21.9 Å². The predicted molar refractivity (Wildman–Crippen MR) is 169 cm³/mol. The summed E-state index contributed by atoms with van der Waals surface area (Å²) in [5, 5.41) is 0.852. The molecule has 0 N–H and O–H groups in total. The van der Waals surface area contributed by atoms with Crippen LogP contribution in [-0.4, -0.2) is 27.7 Å². The smallest absolute Gasteiger partial charge is 0.269 e. The number of nitrogens with zero attached hydrogens (tertiary/aromatic N) is 2. The van der Waals surface area contributed by atoms with Crippen LogP contribution in [0.2, 0.25) is 10.0 Å².